The van der Waals surface area contributed by atoms with Crippen molar-refractivity contribution in [2.45, 2.75) is 66.0 Å². The van der Waals surface area contributed by atoms with E-state index in [9.17, 15) is 14.7 Å². The van der Waals surface area contributed by atoms with E-state index >= 15 is 0 Å². The van der Waals surface area contributed by atoms with Gasteiger partial charge in [-0.2, -0.15) is 0 Å². The van der Waals surface area contributed by atoms with Crippen LogP contribution in [0.3, 0.4) is 0 Å². The molecule has 1 aromatic carbocycles. The number of benzene rings is 1. The molecular formula is C19H29NO4. The van der Waals surface area contributed by atoms with E-state index in [-0.39, 0.29) is 0 Å². The standard InChI is InChI=1S/C19H29NO4/c1-12(2)13-8-10-14(11-9-13)15(19(6,7)16(21)22)20-17(23)24-18(3,4)5/h8-12,15H,1-7H3,(H,20,23)(H,21,22)/t15-/m0/s1. The summed E-state index contributed by atoms with van der Waals surface area (Å²) in [6, 6.07) is 6.94. The van der Waals surface area contributed by atoms with Crippen LogP contribution in [0.25, 0.3) is 0 Å². The Morgan fingerprint density at radius 3 is 1.83 bits per heavy atom. The SMILES string of the molecule is CC(C)c1ccc([C@H](NC(=O)OC(C)(C)C)C(C)(C)C(=O)O)cc1. The van der Waals surface area contributed by atoms with Crippen molar-refractivity contribution in [2.24, 2.45) is 5.41 Å². The number of carbonyl (C=O) groups excluding carboxylic acids is 1. The Morgan fingerprint density at radius 2 is 1.46 bits per heavy atom. The topological polar surface area (TPSA) is 75.6 Å². The second-order valence-corrected chi connectivity index (χ2v) is 7.93. The van der Waals surface area contributed by atoms with Crippen LogP contribution >= 0.6 is 0 Å². The first-order chi connectivity index (χ1) is 10.8. The van der Waals surface area contributed by atoms with Crippen LogP contribution in [0.5, 0.6) is 0 Å². The number of carboxylic acid groups (broad SMARTS) is 1. The zero-order chi connectivity index (χ0) is 18.7. The fourth-order valence-corrected chi connectivity index (χ4v) is 2.30. The molecule has 0 fully saturated rings. The van der Waals surface area contributed by atoms with E-state index in [0.717, 1.165) is 11.1 Å². The third-order valence-corrected chi connectivity index (χ3v) is 3.87. The maximum Gasteiger partial charge on any atom is 0.408 e. The fourth-order valence-electron chi connectivity index (χ4n) is 2.30. The van der Waals surface area contributed by atoms with Crippen molar-refractivity contribution in [1.82, 2.24) is 5.32 Å². The van der Waals surface area contributed by atoms with Gasteiger partial charge in [0.05, 0.1) is 11.5 Å². The van der Waals surface area contributed by atoms with Crippen LogP contribution in [0.2, 0.25) is 0 Å². The number of rotatable bonds is 5. The third-order valence-electron chi connectivity index (χ3n) is 3.87. The number of nitrogens with one attached hydrogen (secondary N) is 1. The van der Waals surface area contributed by atoms with Crippen LogP contribution < -0.4 is 5.32 Å². The Morgan fingerprint density at radius 1 is 1.00 bits per heavy atom. The molecule has 0 spiro atoms. The van der Waals surface area contributed by atoms with E-state index in [1.165, 1.54) is 0 Å². The summed E-state index contributed by atoms with van der Waals surface area (Å²) in [6.45, 7) is 12.7. The molecule has 0 heterocycles. The zero-order valence-electron chi connectivity index (χ0n) is 15.6. The largest absolute Gasteiger partial charge is 0.481 e. The Labute approximate surface area is 144 Å². The molecule has 5 heteroatoms. The highest BCUT2D eigenvalue weighted by molar-refractivity contribution is 5.77. The van der Waals surface area contributed by atoms with Gasteiger partial charge in [-0.25, -0.2) is 4.79 Å². The second kappa shape index (κ2) is 7.24. The fraction of sp³-hybridized carbons (Fsp3) is 0.579. The summed E-state index contributed by atoms with van der Waals surface area (Å²) in [5.41, 5.74) is 0.0558. The molecule has 0 aliphatic carbocycles. The van der Waals surface area contributed by atoms with Crippen LogP contribution in [0, 0.1) is 5.41 Å². The van der Waals surface area contributed by atoms with Crippen molar-refractivity contribution in [2.75, 3.05) is 0 Å². The molecule has 0 saturated heterocycles. The van der Waals surface area contributed by atoms with Gasteiger partial charge in [0.1, 0.15) is 5.60 Å². The van der Waals surface area contributed by atoms with Crippen molar-refractivity contribution >= 4 is 12.1 Å². The molecule has 0 aromatic heterocycles. The molecule has 0 aliphatic heterocycles. The van der Waals surface area contributed by atoms with Gasteiger partial charge < -0.3 is 15.2 Å². The molecule has 0 aliphatic rings. The maximum absolute atomic E-state index is 12.2. The average molecular weight is 335 g/mol. The molecule has 0 saturated carbocycles. The lowest BCUT2D eigenvalue weighted by Gasteiger charge is -2.32. The lowest BCUT2D eigenvalue weighted by molar-refractivity contribution is -0.148. The number of alkyl carbamates (subject to hydrolysis) is 1. The Bertz CT molecular complexity index is 582. The van der Waals surface area contributed by atoms with Crippen molar-refractivity contribution < 1.29 is 19.4 Å². The predicted molar refractivity (Wildman–Crippen MR) is 94.1 cm³/mol. The summed E-state index contributed by atoms with van der Waals surface area (Å²) in [7, 11) is 0. The maximum atomic E-state index is 12.2. The Balaban J connectivity index is 3.15. The molecule has 134 valence electrons. The first-order valence-electron chi connectivity index (χ1n) is 8.17. The summed E-state index contributed by atoms with van der Waals surface area (Å²) in [5, 5.41) is 12.3. The number of amides is 1. The van der Waals surface area contributed by atoms with E-state index in [0.29, 0.717) is 5.92 Å². The molecule has 1 rings (SSSR count). The van der Waals surface area contributed by atoms with Gasteiger partial charge in [0.25, 0.3) is 0 Å². The summed E-state index contributed by atoms with van der Waals surface area (Å²) in [5.74, 6) is -0.611. The molecule has 2 N–H and O–H groups in total. The Hall–Kier alpha value is -2.04. The molecular weight excluding hydrogens is 306 g/mol. The third kappa shape index (κ3) is 5.25. The Kier molecular flexibility index (Phi) is 6.04. The van der Waals surface area contributed by atoms with Crippen LogP contribution in [-0.4, -0.2) is 22.8 Å². The van der Waals surface area contributed by atoms with E-state index in [1.54, 1.807) is 34.6 Å². The van der Waals surface area contributed by atoms with Gasteiger partial charge in [0.15, 0.2) is 0 Å². The minimum Gasteiger partial charge on any atom is -0.481 e. The molecule has 0 radical (unpaired) electrons. The monoisotopic (exact) mass is 335 g/mol. The number of carbonyl (C=O) groups is 2. The highest BCUT2D eigenvalue weighted by Crippen LogP contribution is 2.34. The minimum atomic E-state index is -1.18. The van der Waals surface area contributed by atoms with Gasteiger partial charge in [0.2, 0.25) is 0 Å². The van der Waals surface area contributed by atoms with Gasteiger partial charge in [-0.1, -0.05) is 38.1 Å². The van der Waals surface area contributed by atoms with Crippen molar-refractivity contribution in [3.8, 4) is 0 Å². The summed E-state index contributed by atoms with van der Waals surface area (Å²) < 4.78 is 5.28. The number of carboxylic acids is 1. The highest BCUT2D eigenvalue weighted by atomic mass is 16.6. The van der Waals surface area contributed by atoms with Crippen LogP contribution in [0.4, 0.5) is 4.79 Å². The molecule has 24 heavy (non-hydrogen) atoms. The van der Waals surface area contributed by atoms with Crippen LogP contribution in [0.15, 0.2) is 24.3 Å². The number of hydrogen-bond donors (Lipinski definition) is 2. The average Bonchev–Trinajstić information content (AvgIpc) is 2.42. The normalized spacial score (nSPS) is 13.5. The van der Waals surface area contributed by atoms with Gasteiger partial charge in [0, 0.05) is 0 Å². The van der Waals surface area contributed by atoms with Crippen molar-refractivity contribution in [3.05, 3.63) is 35.4 Å². The van der Waals surface area contributed by atoms with Crippen molar-refractivity contribution in [1.29, 1.82) is 0 Å². The van der Waals surface area contributed by atoms with E-state index in [1.807, 2.05) is 24.3 Å². The zero-order valence-corrected chi connectivity index (χ0v) is 15.6. The number of aliphatic carboxylic acids is 1. The smallest absolute Gasteiger partial charge is 0.408 e. The van der Waals surface area contributed by atoms with Crippen molar-refractivity contribution in [3.63, 3.8) is 0 Å². The number of hydrogen-bond acceptors (Lipinski definition) is 3. The first-order valence-corrected chi connectivity index (χ1v) is 8.17. The lowest BCUT2D eigenvalue weighted by Crippen LogP contribution is -2.44. The van der Waals surface area contributed by atoms with E-state index < -0.39 is 29.1 Å². The molecule has 0 bridgehead atoms. The van der Waals surface area contributed by atoms with Gasteiger partial charge in [-0.05, 0) is 51.7 Å². The first kappa shape index (κ1) is 20.0. The van der Waals surface area contributed by atoms with E-state index in [4.69, 9.17) is 4.74 Å². The predicted octanol–water partition coefficient (Wildman–Crippen LogP) is 4.49. The van der Waals surface area contributed by atoms with Crippen LogP contribution in [-0.2, 0) is 9.53 Å². The van der Waals surface area contributed by atoms with Gasteiger partial charge in [-0.3, -0.25) is 4.79 Å². The van der Waals surface area contributed by atoms with Crippen LogP contribution in [0.1, 0.15) is 71.6 Å². The van der Waals surface area contributed by atoms with Gasteiger partial charge in [-0.15, -0.1) is 0 Å². The quantitative estimate of drug-likeness (QED) is 0.831. The lowest BCUT2D eigenvalue weighted by atomic mass is 9.80. The minimum absolute atomic E-state index is 0.379. The number of ether oxygens (including phenoxy) is 1. The molecule has 0 unspecified atom stereocenters. The summed E-state index contributed by atoms with van der Waals surface area (Å²) in [6.07, 6.45) is -0.630. The summed E-state index contributed by atoms with van der Waals surface area (Å²) in [4.78, 5) is 23.8. The van der Waals surface area contributed by atoms with Gasteiger partial charge >= 0.3 is 12.1 Å². The molecule has 1 aromatic rings. The summed E-state index contributed by atoms with van der Waals surface area (Å²) >= 11 is 0. The molecule has 1 atom stereocenters. The van der Waals surface area contributed by atoms with E-state index in [2.05, 4.69) is 19.2 Å². The molecule has 5 nitrogen and oxygen atoms in total. The molecule has 1 amide bonds. The highest BCUT2D eigenvalue weighted by Gasteiger charge is 2.39. The second-order valence-electron chi connectivity index (χ2n) is 7.93.